The van der Waals surface area contributed by atoms with Crippen LogP contribution in [0.2, 0.25) is 0 Å². The van der Waals surface area contributed by atoms with Crippen LogP contribution in [-0.2, 0) is 11.4 Å². The predicted molar refractivity (Wildman–Crippen MR) is 83.2 cm³/mol. The van der Waals surface area contributed by atoms with Crippen molar-refractivity contribution in [2.24, 2.45) is 5.92 Å². The van der Waals surface area contributed by atoms with Crippen molar-refractivity contribution >= 4 is 23.2 Å². The van der Waals surface area contributed by atoms with Crippen molar-refractivity contribution in [1.29, 1.82) is 0 Å². The average Bonchev–Trinajstić information content (AvgIpc) is 2.96. The molecule has 2 aromatic rings. The summed E-state index contributed by atoms with van der Waals surface area (Å²) < 4.78 is 5.67. The van der Waals surface area contributed by atoms with Crippen LogP contribution in [0.25, 0.3) is 10.4 Å². The molecule has 1 unspecified atom stereocenters. The number of carbonyl (C=O) groups is 2. The Kier molecular flexibility index (Phi) is 3.85. The van der Waals surface area contributed by atoms with Crippen molar-refractivity contribution in [3.05, 3.63) is 40.8 Å². The molecule has 1 atom stereocenters. The fourth-order valence-corrected chi connectivity index (χ4v) is 3.35. The van der Waals surface area contributed by atoms with Gasteiger partial charge in [-0.3, -0.25) is 9.59 Å². The number of rotatable bonds is 4. The first-order valence-corrected chi connectivity index (χ1v) is 7.74. The zero-order chi connectivity index (χ0) is 15.7. The summed E-state index contributed by atoms with van der Waals surface area (Å²) >= 11 is 1.41. The molecule has 114 valence electrons. The molecule has 0 spiro atoms. The Morgan fingerprint density at radius 2 is 2.18 bits per heavy atom. The summed E-state index contributed by atoms with van der Waals surface area (Å²) in [4.78, 5) is 24.6. The van der Waals surface area contributed by atoms with Gasteiger partial charge in [0.15, 0.2) is 0 Å². The Hall–Kier alpha value is -2.34. The SMILES string of the molecule is CC(CNC(=O)c1cc2c(s1)-c1ccccc1OC2)C(=O)O. The van der Waals surface area contributed by atoms with Gasteiger partial charge in [-0.15, -0.1) is 11.3 Å². The first-order valence-electron chi connectivity index (χ1n) is 6.92. The van der Waals surface area contributed by atoms with Crippen LogP contribution in [0.1, 0.15) is 22.2 Å². The normalized spacial score (nSPS) is 13.5. The number of hydrogen-bond donors (Lipinski definition) is 2. The van der Waals surface area contributed by atoms with Crippen molar-refractivity contribution in [2.45, 2.75) is 13.5 Å². The van der Waals surface area contributed by atoms with Gasteiger partial charge >= 0.3 is 5.97 Å². The first kappa shape index (κ1) is 14.6. The third kappa shape index (κ3) is 2.69. The molecule has 0 bridgehead atoms. The smallest absolute Gasteiger partial charge is 0.308 e. The summed E-state index contributed by atoms with van der Waals surface area (Å²) in [5.74, 6) is -0.955. The molecule has 3 rings (SSSR count). The Morgan fingerprint density at radius 3 is 2.95 bits per heavy atom. The molecular weight excluding hydrogens is 302 g/mol. The molecule has 0 saturated heterocycles. The molecule has 0 radical (unpaired) electrons. The summed E-state index contributed by atoms with van der Waals surface area (Å²) in [7, 11) is 0. The molecule has 6 heteroatoms. The number of carbonyl (C=O) groups excluding carboxylic acids is 1. The maximum absolute atomic E-state index is 12.2. The van der Waals surface area contributed by atoms with Crippen LogP contribution >= 0.6 is 11.3 Å². The third-order valence-electron chi connectivity index (χ3n) is 3.54. The number of aliphatic carboxylic acids is 1. The second kappa shape index (κ2) is 5.81. The van der Waals surface area contributed by atoms with Gasteiger partial charge in [0.25, 0.3) is 5.91 Å². The fourth-order valence-electron chi connectivity index (χ4n) is 2.23. The average molecular weight is 317 g/mol. The van der Waals surface area contributed by atoms with Crippen LogP contribution in [0.15, 0.2) is 30.3 Å². The van der Waals surface area contributed by atoms with Crippen LogP contribution in [-0.4, -0.2) is 23.5 Å². The van der Waals surface area contributed by atoms with Crippen molar-refractivity contribution in [1.82, 2.24) is 5.32 Å². The summed E-state index contributed by atoms with van der Waals surface area (Å²) in [5.41, 5.74) is 1.98. The molecule has 1 amide bonds. The molecule has 1 aliphatic heterocycles. The Labute approximate surface area is 131 Å². The molecule has 2 N–H and O–H groups in total. The standard InChI is InChI=1S/C16H15NO4S/c1-9(16(19)20)7-17-15(18)13-6-10-8-21-12-5-3-2-4-11(12)14(10)22-13/h2-6,9H,7-8H2,1H3,(H,17,18)(H,19,20). The van der Waals surface area contributed by atoms with E-state index in [1.807, 2.05) is 30.3 Å². The highest BCUT2D eigenvalue weighted by atomic mass is 32.1. The molecule has 22 heavy (non-hydrogen) atoms. The van der Waals surface area contributed by atoms with E-state index < -0.39 is 11.9 Å². The van der Waals surface area contributed by atoms with E-state index in [1.165, 1.54) is 11.3 Å². The van der Waals surface area contributed by atoms with E-state index >= 15 is 0 Å². The van der Waals surface area contributed by atoms with Gasteiger partial charge in [-0.1, -0.05) is 19.1 Å². The number of carboxylic acid groups (broad SMARTS) is 1. The lowest BCUT2D eigenvalue weighted by Gasteiger charge is -2.16. The van der Waals surface area contributed by atoms with E-state index in [1.54, 1.807) is 6.92 Å². The number of carboxylic acids is 1. The van der Waals surface area contributed by atoms with Crippen molar-refractivity contribution < 1.29 is 19.4 Å². The predicted octanol–water partition coefficient (Wildman–Crippen LogP) is 2.76. The minimum atomic E-state index is -0.923. The minimum absolute atomic E-state index is 0.115. The Bertz CT molecular complexity index is 737. The molecular formula is C16H15NO4S. The summed E-state index contributed by atoms with van der Waals surface area (Å²) in [6, 6.07) is 9.55. The molecule has 0 aliphatic carbocycles. The van der Waals surface area contributed by atoms with E-state index in [0.29, 0.717) is 11.5 Å². The lowest BCUT2D eigenvalue weighted by Crippen LogP contribution is -2.30. The van der Waals surface area contributed by atoms with Crippen LogP contribution < -0.4 is 10.1 Å². The highest BCUT2D eigenvalue weighted by Gasteiger charge is 2.22. The largest absolute Gasteiger partial charge is 0.488 e. The highest BCUT2D eigenvalue weighted by molar-refractivity contribution is 7.17. The fraction of sp³-hybridized carbons (Fsp3) is 0.250. The zero-order valence-electron chi connectivity index (χ0n) is 12.0. The highest BCUT2D eigenvalue weighted by Crippen LogP contribution is 2.42. The van der Waals surface area contributed by atoms with Gasteiger partial charge in [-0.05, 0) is 18.2 Å². The van der Waals surface area contributed by atoms with Crippen LogP contribution in [0.3, 0.4) is 0 Å². The van der Waals surface area contributed by atoms with E-state index in [9.17, 15) is 9.59 Å². The summed E-state index contributed by atoms with van der Waals surface area (Å²) in [5, 5.41) is 11.5. The van der Waals surface area contributed by atoms with E-state index in [0.717, 1.165) is 21.8 Å². The van der Waals surface area contributed by atoms with Crippen LogP contribution in [0.5, 0.6) is 5.75 Å². The minimum Gasteiger partial charge on any atom is -0.488 e. The Balaban J connectivity index is 1.80. The van der Waals surface area contributed by atoms with Gasteiger partial charge in [0.1, 0.15) is 12.4 Å². The Morgan fingerprint density at radius 1 is 1.41 bits per heavy atom. The molecule has 1 aliphatic rings. The summed E-state index contributed by atoms with van der Waals surface area (Å²) in [6.07, 6.45) is 0. The maximum Gasteiger partial charge on any atom is 0.308 e. The lowest BCUT2D eigenvalue weighted by molar-refractivity contribution is -0.140. The van der Waals surface area contributed by atoms with Gasteiger partial charge in [0.05, 0.1) is 10.8 Å². The van der Waals surface area contributed by atoms with E-state index in [-0.39, 0.29) is 12.5 Å². The maximum atomic E-state index is 12.2. The number of ether oxygens (including phenoxy) is 1. The number of nitrogens with one attached hydrogen (secondary N) is 1. The monoisotopic (exact) mass is 317 g/mol. The topological polar surface area (TPSA) is 75.6 Å². The van der Waals surface area contributed by atoms with Gasteiger partial charge in [0.2, 0.25) is 0 Å². The van der Waals surface area contributed by atoms with Gasteiger partial charge < -0.3 is 15.2 Å². The molecule has 2 heterocycles. The molecule has 0 fully saturated rings. The van der Waals surface area contributed by atoms with Crippen molar-refractivity contribution in [3.63, 3.8) is 0 Å². The first-order chi connectivity index (χ1) is 10.6. The lowest BCUT2D eigenvalue weighted by atomic mass is 10.1. The van der Waals surface area contributed by atoms with Crippen LogP contribution in [0, 0.1) is 5.92 Å². The van der Waals surface area contributed by atoms with Gasteiger partial charge in [0, 0.05) is 22.5 Å². The number of thiophene rings is 1. The second-order valence-electron chi connectivity index (χ2n) is 5.20. The van der Waals surface area contributed by atoms with Gasteiger partial charge in [-0.2, -0.15) is 0 Å². The molecule has 5 nitrogen and oxygen atoms in total. The zero-order valence-corrected chi connectivity index (χ0v) is 12.8. The van der Waals surface area contributed by atoms with Gasteiger partial charge in [-0.25, -0.2) is 0 Å². The van der Waals surface area contributed by atoms with Crippen LogP contribution in [0.4, 0.5) is 0 Å². The summed E-state index contributed by atoms with van der Waals surface area (Å²) in [6.45, 7) is 2.12. The van der Waals surface area contributed by atoms with Crippen molar-refractivity contribution in [2.75, 3.05) is 6.54 Å². The number of fused-ring (bicyclic) bond motifs is 3. The molecule has 1 aromatic heterocycles. The van der Waals surface area contributed by atoms with E-state index in [4.69, 9.17) is 9.84 Å². The third-order valence-corrected chi connectivity index (χ3v) is 4.75. The quantitative estimate of drug-likeness (QED) is 0.909. The number of para-hydroxylation sites is 1. The second-order valence-corrected chi connectivity index (χ2v) is 6.25. The number of amides is 1. The number of hydrogen-bond acceptors (Lipinski definition) is 4. The molecule has 0 saturated carbocycles. The van der Waals surface area contributed by atoms with Crippen molar-refractivity contribution in [3.8, 4) is 16.2 Å². The molecule has 1 aromatic carbocycles. The van der Waals surface area contributed by atoms with E-state index in [2.05, 4.69) is 5.32 Å². The number of benzene rings is 1.